The molecule has 0 aliphatic carbocycles. The van der Waals surface area contributed by atoms with E-state index in [1.165, 1.54) is 16.6 Å². The van der Waals surface area contributed by atoms with Crippen molar-refractivity contribution in [3.63, 3.8) is 0 Å². The first kappa shape index (κ1) is 26.8. The van der Waals surface area contributed by atoms with Gasteiger partial charge in [0.1, 0.15) is 18.3 Å². The van der Waals surface area contributed by atoms with E-state index >= 15 is 0 Å². The first-order chi connectivity index (χ1) is 17.5. The molecule has 6 heteroatoms. The Morgan fingerprint density at radius 1 is 1.11 bits per heavy atom. The van der Waals surface area contributed by atoms with Crippen LogP contribution in [0.15, 0.2) is 82.7 Å². The number of hydrogen-bond acceptors (Lipinski definition) is 4. The van der Waals surface area contributed by atoms with E-state index in [0.717, 1.165) is 27.9 Å². The van der Waals surface area contributed by atoms with E-state index in [0.29, 0.717) is 0 Å². The van der Waals surface area contributed by atoms with Gasteiger partial charge in [-0.15, -0.1) is 0 Å². The highest BCUT2D eigenvalue weighted by molar-refractivity contribution is 8.03. The average molecular weight is 518 g/mol. The van der Waals surface area contributed by atoms with Crippen molar-refractivity contribution in [2.24, 2.45) is 5.41 Å². The number of para-hydroxylation sites is 1. The largest absolute Gasteiger partial charge is 0.497 e. The van der Waals surface area contributed by atoms with Crippen LogP contribution in [0.1, 0.15) is 47.2 Å². The summed E-state index contributed by atoms with van der Waals surface area (Å²) in [5.41, 5.74) is 2.87. The summed E-state index contributed by atoms with van der Waals surface area (Å²) in [4.78, 5) is 14.9. The molecule has 2 heterocycles. The van der Waals surface area contributed by atoms with Crippen molar-refractivity contribution in [2.45, 2.75) is 64.4 Å². The molecule has 4 rings (SSSR count). The van der Waals surface area contributed by atoms with Gasteiger partial charge in [-0.3, -0.25) is 0 Å². The zero-order valence-electron chi connectivity index (χ0n) is 22.8. The first-order valence-corrected chi connectivity index (χ1v) is 13.5. The molecule has 0 amide bonds. The summed E-state index contributed by atoms with van der Waals surface area (Å²) < 4.78 is 7.79. The third-order valence-corrected chi connectivity index (χ3v) is 8.03. The molecule has 3 aromatic rings. The number of carbonyl (C=O) groups is 1. The number of anilines is 1. The van der Waals surface area contributed by atoms with E-state index in [2.05, 4.69) is 93.8 Å². The Hall–Kier alpha value is -3.25. The number of aryl methyl sites for hydroxylation is 1. The van der Waals surface area contributed by atoms with Crippen LogP contribution in [0.4, 0.5) is 5.69 Å². The van der Waals surface area contributed by atoms with Crippen molar-refractivity contribution < 1.29 is 19.2 Å². The highest BCUT2D eigenvalue weighted by Crippen LogP contribution is 2.49. The molecule has 1 N–H and O–H groups in total. The molecular weight excluding hydrogens is 480 g/mol. The number of allylic oxidation sites excluding steroid dienone is 3. The number of aromatic nitrogens is 1. The van der Waals surface area contributed by atoms with Gasteiger partial charge in [0.25, 0.3) is 0 Å². The van der Waals surface area contributed by atoms with E-state index < -0.39 is 12.0 Å². The van der Waals surface area contributed by atoms with Crippen LogP contribution in [0.5, 0.6) is 5.75 Å². The van der Waals surface area contributed by atoms with Crippen molar-refractivity contribution in [3.8, 4) is 5.75 Å². The topological polar surface area (TPSA) is 53.7 Å². The summed E-state index contributed by atoms with van der Waals surface area (Å²) in [6, 6.07) is 18.0. The monoisotopic (exact) mass is 517 g/mol. The number of carboxylic acid groups (broad SMARTS) is 1. The quantitative estimate of drug-likeness (QED) is 0.259. The van der Waals surface area contributed by atoms with Gasteiger partial charge in [-0.1, -0.05) is 49.9 Å². The fraction of sp³-hybridized carbons (Fsp3) is 0.355. The van der Waals surface area contributed by atoms with Crippen LogP contribution in [0, 0.1) is 5.41 Å². The second-order valence-electron chi connectivity index (χ2n) is 10.7. The number of carboxylic acids is 1. The Morgan fingerprint density at radius 3 is 2.51 bits per heavy atom. The molecular formula is C31H37N2O3S+. The number of thioether (sulfide) groups is 1. The molecule has 1 aliphatic heterocycles. The molecule has 37 heavy (non-hydrogen) atoms. The lowest BCUT2D eigenvalue weighted by molar-refractivity contribution is -0.678. The molecule has 0 radical (unpaired) electrons. The van der Waals surface area contributed by atoms with Gasteiger partial charge in [-0.2, -0.15) is 4.57 Å². The summed E-state index contributed by atoms with van der Waals surface area (Å²) in [7, 11) is 1.64. The van der Waals surface area contributed by atoms with Crippen LogP contribution in [0.25, 0.3) is 10.9 Å². The number of rotatable bonds is 8. The van der Waals surface area contributed by atoms with Crippen LogP contribution in [-0.4, -0.2) is 24.2 Å². The predicted octanol–water partition coefficient (Wildman–Crippen LogP) is 6.94. The smallest absolute Gasteiger partial charge is 0.326 e. The molecule has 0 saturated carbocycles. The van der Waals surface area contributed by atoms with Gasteiger partial charge in [0.15, 0.2) is 5.69 Å². The minimum absolute atomic E-state index is 0.205. The molecule has 0 spiro atoms. The highest BCUT2D eigenvalue weighted by atomic mass is 32.2. The lowest BCUT2D eigenvalue weighted by Crippen LogP contribution is -2.43. The van der Waals surface area contributed by atoms with Crippen LogP contribution in [0.3, 0.4) is 0 Å². The lowest BCUT2D eigenvalue weighted by atomic mass is 9.83. The lowest BCUT2D eigenvalue weighted by Gasteiger charge is -2.28. The maximum Gasteiger partial charge on any atom is 0.326 e. The Balaban J connectivity index is 1.69. The summed E-state index contributed by atoms with van der Waals surface area (Å²) in [5.74, 6) is -0.0963. The van der Waals surface area contributed by atoms with Gasteiger partial charge in [0.05, 0.1) is 23.2 Å². The van der Waals surface area contributed by atoms with Gasteiger partial charge in [-0.25, -0.2) is 4.79 Å². The number of nitrogens with zero attached hydrogens (tertiary/aromatic N) is 2. The number of fused-ring (bicyclic) bond motifs is 2. The van der Waals surface area contributed by atoms with Crippen LogP contribution in [-0.2, 0) is 16.8 Å². The molecule has 1 aromatic heterocycles. The van der Waals surface area contributed by atoms with Gasteiger partial charge in [0.2, 0.25) is 5.52 Å². The van der Waals surface area contributed by atoms with E-state index in [9.17, 15) is 9.90 Å². The fourth-order valence-corrected chi connectivity index (χ4v) is 6.22. The third-order valence-electron chi connectivity index (χ3n) is 6.96. The number of methoxy groups -OCH3 is 1. The summed E-state index contributed by atoms with van der Waals surface area (Å²) in [6.45, 7) is 13.6. The van der Waals surface area contributed by atoms with Crippen LogP contribution < -0.4 is 14.2 Å². The first-order valence-electron chi connectivity index (χ1n) is 12.7. The Morgan fingerprint density at radius 2 is 1.84 bits per heavy atom. The average Bonchev–Trinajstić information content (AvgIpc) is 3.22. The predicted molar refractivity (Wildman–Crippen MR) is 152 cm³/mol. The van der Waals surface area contributed by atoms with E-state index in [1.54, 1.807) is 25.8 Å². The molecule has 2 aromatic carbocycles. The number of hydrogen-bond donors (Lipinski definition) is 1. The third kappa shape index (κ3) is 5.40. The molecule has 194 valence electrons. The van der Waals surface area contributed by atoms with Crippen LogP contribution >= 0.6 is 11.8 Å². The maximum atomic E-state index is 12.0. The van der Waals surface area contributed by atoms with Gasteiger partial charge < -0.3 is 14.7 Å². The molecule has 1 unspecified atom stereocenters. The minimum atomic E-state index is -0.856. The molecule has 0 fully saturated rings. The van der Waals surface area contributed by atoms with E-state index in [4.69, 9.17) is 4.74 Å². The SMILES string of the molecule is CC[n+]1c(C(C)(C)C=CC(C)(C)/C=C2\Sc3cc(OC)ccc3N2C(C)C(=O)O)ccc2ccccc21. The summed E-state index contributed by atoms with van der Waals surface area (Å²) >= 11 is 1.59. The van der Waals surface area contributed by atoms with Crippen molar-refractivity contribution in [1.29, 1.82) is 0 Å². The van der Waals surface area contributed by atoms with E-state index in [1.807, 2.05) is 23.1 Å². The summed E-state index contributed by atoms with van der Waals surface area (Å²) in [5, 5.41) is 12.0. The maximum absolute atomic E-state index is 12.0. The van der Waals surface area contributed by atoms with Crippen LogP contribution in [0.2, 0.25) is 0 Å². The molecule has 1 atom stereocenters. The molecule has 5 nitrogen and oxygen atoms in total. The van der Waals surface area contributed by atoms with Crippen molar-refractivity contribution in [3.05, 3.63) is 83.5 Å². The normalized spacial score (nSPS) is 16.0. The summed E-state index contributed by atoms with van der Waals surface area (Å²) in [6.07, 6.45) is 6.69. The molecule has 1 aliphatic rings. The van der Waals surface area contributed by atoms with Crippen molar-refractivity contribution in [2.75, 3.05) is 12.0 Å². The minimum Gasteiger partial charge on any atom is -0.497 e. The number of pyridine rings is 1. The second kappa shape index (κ2) is 10.3. The van der Waals surface area contributed by atoms with Gasteiger partial charge in [0, 0.05) is 27.8 Å². The van der Waals surface area contributed by atoms with Gasteiger partial charge in [-0.05, 0) is 64.1 Å². The van der Waals surface area contributed by atoms with Crippen molar-refractivity contribution in [1.82, 2.24) is 0 Å². The highest BCUT2D eigenvalue weighted by Gasteiger charge is 2.34. The molecule has 0 bridgehead atoms. The Bertz CT molecular complexity index is 1390. The number of aliphatic carboxylic acids is 1. The zero-order valence-corrected chi connectivity index (χ0v) is 23.6. The Labute approximate surface area is 224 Å². The standard InChI is InChI=1S/C31H36N2O3S/c1-8-32-24-12-10-9-11-22(24)13-16-27(32)31(5,6)18-17-30(3,4)20-28-33(21(2)29(34)35)25-15-14-23(36-7)19-26(25)37-28/h9-21H,8H2,1-7H3/p+1/b18-17?,28-20-. The zero-order chi connectivity index (χ0) is 27.0. The number of benzene rings is 2. The molecule has 0 saturated heterocycles. The van der Waals surface area contributed by atoms with Gasteiger partial charge >= 0.3 is 5.97 Å². The van der Waals surface area contributed by atoms with Crippen molar-refractivity contribution >= 4 is 34.3 Å². The van der Waals surface area contributed by atoms with E-state index in [-0.39, 0.29) is 10.8 Å². The Kier molecular flexibility index (Phi) is 7.43. The number of ether oxygens (including phenoxy) is 1. The second-order valence-corrected chi connectivity index (χ2v) is 11.8. The fourth-order valence-electron chi connectivity index (χ4n) is 4.83.